The van der Waals surface area contributed by atoms with Crippen molar-refractivity contribution in [2.45, 2.75) is 13.8 Å². The number of hydrogen-bond acceptors (Lipinski definition) is 4. The molecular formula is C13H18N4O2. The number of fused-ring (bicyclic) bond motifs is 1. The summed E-state index contributed by atoms with van der Waals surface area (Å²) in [6.07, 6.45) is 0. The Kier molecular flexibility index (Phi) is 3.80. The first-order chi connectivity index (χ1) is 9.04. The summed E-state index contributed by atoms with van der Waals surface area (Å²) in [6, 6.07) is 1.85. The molecule has 1 N–H and O–H groups in total. The van der Waals surface area contributed by atoms with Gasteiger partial charge in [0.05, 0.1) is 23.6 Å². The normalized spacial score (nSPS) is 10.9. The molecule has 0 aliphatic heterocycles. The standard InChI is InChI=1S/C13H18N4O2/c1-8-11(13(18)14-5-6-19-4)7-10-9(2)16-17(3)12(10)15-8/h7H,5-6H2,1-4H3,(H,14,18). The summed E-state index contributed by atoms with van der Waals surface area (Å²) in [5, 5.41) is 8.02. The van der Waals surface area contributed by atoms with Crippen LogP contribution in [0, 0.1) is 13.8 Å². The third kappa shape index (κ3) is 2.58. The molecule has 2 aromatic heterocycles. The van der Waals surface area contributed by atoms with Gasteiger partial charge in [0, 0.05) is 26.1 Å². The van der Waals surface area contributed by atoms with E-state index in [1.54, 1.807) is 11.8 Å². The number of pyridine rings is 1. The van der Waals surface area contributed by atoms with Crippen molar-refractivity contribution in [3.05, 3.63) is 23.0 Å². The smallest absolute Gasteiger partial charge is 0.253 e. The summed E-state index contributed by atoms with van der Waals surface area (Å²) in [7, 11) is 3.45. The van der Waals surface area contributed by atoms with Crippen molar-refractivity contribution < 1.29 is 9.53 Å². The largest absolute Gasteiger partial charge is 0.383 e. The van der Waals surface area contributed by atoms with Crippen LogP contribution in [-0.2, 0) is 11.8 Å². The first-order valence-corrected chi connectivity index (χ1v) is 6.12. The van der Waals surface area contributed by atoms with Gasteiger partial charge in [0.15, 0.2) is 5.65 Å². The van der Waals surface area contributed by atoms with Gasteiger partial charge in [0.25, 0.3) is 5.91 Å². The Morgan fingerprint density at radius 3 is 2.84 bits per heavy atom. The minimum atomic E-state index is -0.132. The summed E-state index contributed by atoms with van der Waals surface area (Å²) in [5.41, 5.74) is 2.95. The fourth-order valence-electron chi connectivity index (χ4n) is 2.02. The molecule has 0 atom stereocenters. The minimum Gasteiger partial charge on any atom is -0.383 e. The van der Waals surface area contributed by atoms with E-state index in [1.807, 2.05) is 27.0 Å². The van der Waals surface area contributed by atoms with Crippen LogP contribution >= 0.6 is 0 Å². The SMILES string of the molecule is COCCNC(=O)c1cc2c(C)nn(C)c2nc1C. The molecule has 0 saturated carbocycles. The van der Waals surface area contributed by atoms with Gasteiger partial charge in [0.1, 0.15) is 0 Å². The van der Waals surface area contributed by atoms with E-state index in [2.05, 4.69) is 15.4 Å². The van der Waals surface area contributed by atoms with Gasteiger partial charge in [0.2, 0.25) is 0 Å². The van der Waals surface area contributed by atoms with Crippen LogP contribution in [0.3, 0.4) is 0 Å². The van der Waals surface area contributed by atoms with E-state index >= 15 is 0 Å². The highest BCUT2D eigenvalue weighted by molar-refractivity contribution is 5.98. The third-order valence-corrected chi connectivity index (χ3v) is 3.03. The number of ether oxygens (including phenoxy) is 1. The van der Waals surface area contributed by atoms with Gasteiger partial charge < -0.3 is 10.1 Å². The van der Waals surface area contributed by atoms with E-state index in [-0.39, 0.29) is 5.91 Å². The Hall–Kier alpha value is -1.95. The number of aromatic nitrogens is 3. The van der Waals surface area contributed by atoms with Crippen molar-refractivity contribution in [1.29, 1.82) is 0 Å². The van der Waals surface area contributed by atoms with Crippen LogP contribution in [-0.4, -0.2) is 40.9 Å². The molecule has 2 aromatic rings. The number of aryl methyl sites for hydroxylation is 3. The van der Waals surface area contributed by atoms with Crippen LogP contribution < -0.4 is 5.32 Å². The molecule has 0 fully saturated rings. The molecule has 6 heteroatoms. The van der Waals surface area contributed by atoms with Crippen molar-refractivity contribution in [3.8, 4) is 0 Å². The zero-order valence-electron chi connectivity index (χ0n) is 11.6. The lowest BCUT2D eigenvalue weighted by Crippen LogP contribution is -2.27. The molecule has 0 radical (unpaired) electrons. The number of carbonyl (C=O) groups excluding carboxylic acids is 1. The highest BCUT2D eigenvalue weighted by Crippen LogP contribution is 2.19. The summed E-state index contributed by atoms with van der Waals surface area (Å²) < 4.78 is 6.63. The van der Waals surface area contributed by atoms with E-state index < -0.39 is 0 Å². The van der Waals surface area contributed by atoms with Gasteiger partial charge in [-0.1, -0.05) is 0 Å². The maximum Gasteiger partial charge on any atom is 0.253 e. The van der Waals surface area contributed by atoms with E-state index in [0.29, 0.717) is 24.4 Å². The van der Waals surface area contributed by atoms with Crippen molar-refractivity contribution in [3.63, 3.8) is 0 Å². The summed E-state index contributed by atoms with van der Waals surface area (Å²) in [5.74, 6) is -0.132. The van der Waals surface area contributed by atoms with Crippen molar-refractivity contribution >= 4 is 16.9 Å². The highest BCUT2D eigenvalue weighted by Gasteiger charge is 2.14. The molecule has 0 spiro atoms. The number of rotatable bonds is 4. The van der Waals surface area contributed by atoms with E-state index in [1.165, 1.54) is 0 Å². The number of carbonyl (C=O) groups is 1. The second kappa shape index (κ2) is 5.36. The Morgan fingerprint density at radius 1 is 1.42 bits per heavy atom. The summed E-state index contributed by atoms with van der Waals surface area (Å²) in [4.78, 5) is 16.5. The molecule has 0 bridgehead atoms. The molecule has 0 saturated heterocycles. The van der Waals surface area contributed by atoms with E-state index in [0.717, 1.165) is 16.7 Å². The van der Waals surface area contributed by atoms with Gasteiger partial charge >= 0.3 is 0 Å². The molecule has 2 heterocycles. The first-order valence-electron chi connectivity index (χ1n) is 6.12. The molecule has 0 aliphatic carbocycles. The summed E-state index contributed by atoms with van der Waals surface area (Å²) >= 11 is 0. The van der Waals surface area contributed by atoms with Gasteiger partial charge in [-0.2, -0.15) is 5.10 Å². The van der Waals surface area contributed by atoms with Crippen LogP contribution in [0.1, 0.15) is 21.7 Å². The summed E-state index contributed by atoms with van der Waals surface area (Å²) in [6.45, 7) is 4.71. The average Bonchev–Trinajstić information content (AvgIpc) is 2.64. The van der Waals surface area contributed by atoms with Crippen LogP contribution in [0.4, 0.5) is 0 Å². The lowest BCUT2D eigenvalue weighted by Gasteiger charge is -2.07. The average molecular weight is 262 g/mol. The van der Waals surface area contributed by atoms with Gasteiger partial charge in [-0.25, -0.2) is 4.98 Å². The molecule has 19 heavy (non-hydrogen) atoms. The molecule has 6 nitrogen and oxygen atoms in total. The van der Waals surface area contributed by atoms with Gasteiger partial charge in [-0.05, 0) is 19.9 Å². The predicted molar refractivity (Wildman–Crippen MR) is 72.2 cm³/mol. The zero-order chi connectivity index (χ0) is 14.0. The molecule has 2 rings (SSSR count). The maximum absolute atomic E-state index is 12.1. The van der Waals surface area contributed by atoms with Gasteiger partial charge in [-0.3, -0.25) is 9.48 Å². The Bertz CT molecular complexity index is 619. The molecule has 0 aromatic carbocycles. The number of nitrogens with one attached hydrogen (secondary N) is 1. The van der Waals surface area contributed by atoms with Gasteiger partial charge in [-0.15, -0.1) is 0 Å². The Morgan fingerprint density at radius 2 is 2.16 bits per heavy atom. The van der Waals surface area contributed by atoms with Crippen LogP contribution in [0.15, 0.2) is 6.07 Å². The monoisotopic (exact) mass is 262 g/mol. The lowest BCUT2D eigenvalue weighted by atomic mass is 10.1. The second-order valence-electron chi connectivity index (χ2n) is 4.45. The predicted octanol–water partition coefficient (Wildman–Crippen LogP) is 0.961. The molecule has 1 amide bonds. The van der Waals surface area contributed by atoms with Crippen LogP contribution in [0.2, 0.25) is 0 Å². The molecular weight excluding hydrogens is 244 g/mol. The topological polar surface area (TPSA) is 69.0 Å². The van der Waals surface area contributed by atoms with E-state index in [4.69, 9.17) is 4.74 Å². The molecule has 0 aliphatic rings. The first kappa shape index (κ1) is 13.5. The third-order valence-electron chi connectivity index (χ3n) is 3.03. The number of methoxy groups -OCH3 is 1. The second-order valence-corrected chi connectivity index (χ2v) is 4.45. The van der Waals surface area contributed by atoms with Crippen molar-refractivity contribution in [2.75, 3.05) is 20.3 Å². The quantitative estimate of drug-likeness (QED) is 0.833. The van der Waals surface area contributed by atoms with Crippen molar-refractivity contribution in [2.24, 2.45) is 7.05 Å². The molecule has 0 unspecified atom stereocenters. The highest BCUT2D eigenvalue weighted by atomic mass is 16.5. The van der Waals surface area contributed by atoms with Crippen LogP contribution in [0.5, 0.6) is 0 Å². The fourth-order valence-corrected chi connectivity index (χ4v) is 2.02. The number of amides is 1. The van der Waals surface area contributed by atoms with Crippen LogP contribution in [0.25, 0.3) is 11.0 Å². The molecule has 102 valence electrons. The van der Waals surface area contributed by atoms with E-state index in [9.17, 15) is 4.79 Å². The Labute approximate surface area is 111 Å². The number of hydrogen-bond donors (Lipinski definition) is 1. The fraction of sp³-hybridized carbons (Fsp3) is 0.462. The Balaban J connectivity index is 2.35. The maximum atomic E-state index is 12.1. The lowest BCUT2D eigenvalue weighted by molar-refractivity contribution is 0.0936. The minimum absolute atomic E-state index is 0.132. The number of nitrogens with zero attached hydrogens (tertiary/aromatic N) is 3. The zero-order valence-corrected chi connectivity index (χ0v) is 11.6. The van der Waals surface area contributed by atoms with Crippen molar-refractivity contribution in [1.82, 2.24) is 20.1 Å².